The summed E-state index contributed by atoms with van der Waals surface area (Å²) in [5.41, 5.74) is 10.3. The van der Waals surface area contributed by atoms with Crippen LogP contribution in [0.25, 0.3) is 0 Å². The summed E-state index contributed by atoms with van der Waals surface area (Å²) in [5.74, 6) is -0.383. The first kappa shape index (κ1) is 14.9. The maximum absolute atomic E-state index is 11.5. The first-order valence-corrected chi connectivity index (χ1v) is 6.89. The van der Waals surface area contributed by atoms with Crippen molar-refractivity contribution < 1.29 is 9.53 Å². The molecule has 2 aromatic rings. The highest BCUT2D eigenvalue weighted by Gasteiger charge is 2.13. The fourth-order valence-corrected chi connectivity index (χ4v) is 2.26. The van der Waals surface area contributed by atoms with Crippen LogP contribution in [0.1, 0.15) is 22.8 Å². The van der Waals surface area contributed by atoms with E-state index in [0.717, 1.165) is 17.9 Å². The maximum Gasteiger partial charge on any atom is 0.337 e. The molecule has 0 bridgehead atoms. The summed E-state index contributed by atoms with van der Waals surface area (Å²) in [6, 6.07) is 13.5. The number of esters is 1. The van der Waals surface area contributed by atoms with Gasteiger partial charge in [-0.05, 0) is 44.2 Å². The molecule has 0 atom stereocenters. The molecule has 0 aromatic heterocycles. The van der Waals surface area contributed by atoms with Crippen LogP contribution in [0.15, 0.2) is 42.5 Å². The van der Waals surface area contributed by atoms with Gasteiger partial charge in [0.1, 0.15) is 0 Å². The highest BCUT2D eigenvalue weighted by atomic mass is 16.5. The number of carbonyl (C=O) groups is 1. The van der Waals surface area contributed by atoms with Gasteiger partial charge in [-0.3, -0.25) is 0 Å². The van der Waals surface area contributed by atoms with Gasteiger partial charge in [0.05, 0.1) is 24.0 Å². The van der Waals surface area contributed by atoms with Crippen LogP contribution in [0.2, 0.25) is 0 Å². The summed E-state index contributed by atoms with van der Waals surface area (Å²) in [5, 5.41) is 0. The van der Waals surface area contributed by atoms with Crippen molar-refractivity contribution in [3.63, 3.8) is 0 Å². The fraction of sp³-hybridized carbons (Fsp3) is 0.235. The second-order valence-electron chi connectivity index (χ2n) is 4.84. The molecule has 0 aliphatic rings. The van der Waals surface area contributed by atoms with E-state index < -0.39 is 0 Å². The van der Waals surface area contributed by atoms with Gasteiger partial charge >= 0.3 is 5.97 Å². The Bertz CT molecular complexity index is 636. The van der Waals surface area contributed by atoms with Crippen molar-refractivity contribution in [1.29, 1.82) is 0 Å². The largest absolute Gasteiger partial charge is 0.465 e. The Hall–Kier alpha value is -2.49. The molecule has 0 aliphatic carbocycles. The van der Waals surface area contributed by atoms with Gasteiger partial charge in [0, 0.05) is 12.2 Å². The monoisotopic (exact) mass is 284 g/mol. The van der Waals surface area contributed by atoms with Gasteiger partial charge in [-0.1, -0.05) is 17.7 Å². The van der Waals surface area contributed by atoms with Gasteiger partial charge in [0.15, 0.2) is 0 Å². The standard InChI is InChI=1S/C17H20N2O2/c1-4-19(14-8-5-12(2)6-9-14)16-10-7-13(11-15(16)18)17(20)21-3/h5-11H,4,18H2,1-3H3. The fourth-order valence-electron chi connectivity index (χ4n) is 2.26. The lowest BCUT2D eigenvalue weighted by molar-refractivity contribution is 0.0601. The number of nitrogens with zero attached hydrogens (tertiary/aromatic N) is 1. The van der Waals surface area contributed by atoms with Gasteiger partial charge in [-0.2, -0.15) is 0 Å². The van der Waals surface area contributed by atoms with Gasteiger partial charge in [-0.15, -0.1) is 0 Å². The average molecular weight is 284 g/mol. The number of hydrogen-bond donors (Lipinski definition) is 1. The smallest absolute Gasteiger partial charge is 0.337 e. The van der Waals surface area contributed by atoms with Gasteiger partial charge < -0.3 is 15.4 Å². The zero-order chi connectivity index (χ0) is 15.4. The minimum atomic E-state index is -0.383. The first-order chi connectivity index (χ1) is 10.1. The van der Waals surface area contributed by atoms with Gasteiger partial charge in [-0.25, -0.2) is 4.79 Å². The van der Waals surface area contributed by atoms with Crippen molar-refractivity contribution in [2.45, 2.75) is 13.8 Å². The van der Waals surface area contributed by atoms with Crippen molar-refractivity contribution in [1.82, 2.24) is 0 Å². The SMILES string of the molecule is CCN(c1ccc(C)cc1)c1ccc(C(=O)OC)cc1N. The number of ether oxygens (including phenoxy) is 1. The number of nitrogen functional groups attached to an aromatic ring is 1. The van der Waals surface area contributed by atoms with Crippen molar-refractivity contribution in [2.24, 2.45) is 0 Å². The topological polar surface area (TPSA) is 55.6 Å². The molecule has 21 heavy (non-hydrogen) atoms. The number of carbonyl (C=O) groups excluding carboxylic acids is 1. The minimum absolute atomic E-state index is 0.383. The van der Waals surface area contributed by atoms with E-state index in [1.165, 1.54) is 12.7 Å². The molecule has 0 amide bonds. The second kappa shape index (κ2) is 6.31. The summed E-state index contributed by atoms with van der Waals surface area (Å²) >= 11 is 0. The summed E-state index contributed by atoms with van der Waals surface area (Å²) in [6.07, 6.45) is 0. The molecule has 0 heterocycles. The number of aryl methyl sites for hydroxylation is 1. The van der Waals surface area contributed by atoms with Gasteiger partial charge in [0.2, 0.25) is 0 Å². The molecule has 110 valence electrons. The van der Waals surface area contributed by atoms with Crippen LogP contribution in [0.3, 0.4) is 0 Å². The predicted molar refractivity (Wildman–Crippen MR) is 86.1 cm³/mol. The Balaban J connectivity index is 2.38. The summed E-state index contributed by atoms with van der Waals surface area (Å²) in [4.78, 5) is 13.6. The van der Waals surface area contributed by atoms with E-state index in [1.54, 1.807) is 12.1 Å². The van der Waals surface area contributed by atoms with E-state index in [9.17, 15) is 4.79 Å². The number of nitrogens with two attached hydrogens (primary N) is 1. The zero-order valence-electron chi connectivity index (χ0n) is 12.6. The highest BCUT2D eigenvalue weighted by Crippen LogP contribution is 2.31. The lowest BCUT2D eigenvalue weighted by atomic mass is 10.1. The maximum atomic E-state index is 11.5. The third-order valence-electron chi connectivity index (χ3n) is 3.40. The van der Waals surface area contributed by atoms with E-state index in [4.69, 9.17) is 10.5 Å². The van der Waals surface area contributed by atoms with Crippen LogP contribution < -0.4 is 10.6 Å². The molecule has 0 spiro atoms. The third-order valence-corrected chi connectivity index (χ3v) is 3.40. The van der Waals surface area contributed by atoms with Crippen LogP contribution >= 0.6 is 0 Å². The van der Waals surface area contributed by atoms with E-state index in [2.05, 4.69) is 43.0 Å². The molecule has 0 aliphatic heterocycles. The summed E-state index contributed by atoms with van der Waals surface area (Å²) in [7, 11) is 1.36. The second-order valence-corrected chi connectivity index (χ2v) is 4.84. The van der Waals surface area contributed by atoms with Crippen LogP contribution in [-0.4, -0.2) is 19.6 Å². The molecule has 0 fully saturated rings. The average Bonchev–Trinajstić information content (AvgIpc) is 2.50. The van der Waals surface area contributed by atoms with Crippen LogP contribution in [0.4, 0.5) is 17.1 Å². The molecule has 0 saturated carbocycles. The Labute approximate surface area is 125 Å². The third kappa shape index (κ3) is 3.16. The molecule has 2 aromatic carbocycles. The summed E-state index contributed by atoms with van der Waals surface area (Å²) < 4.78 is 4.71. The number of rotatable bonds is 4. The lowest BCUT2D eigenvalue weighted by Gasteiger charge is -2.25. The van der Waals surface area contributed by atoms with Crippen LogP contribution in [-0.2, 0) is 4.74 Å². The Morgan fingerprint density at radius 2 is 1.86 bits per heavy atom. The quantitative estimate of drug-likeness (QED) is 0.689. The predicted octanol–water partition coefficient (Wildman–Crippen LogP) is 3.52. The number of methoxy groups -OCH3 is 1. The van der Waals surface area contributed by atoms with Crippen LogP contribution in [0.5, 0.6) is 0 Å². The molecule has 2 rings (SSSR count). The van der Waals surface area contributed by atoms with E-state index in [1.807, 2.05) is 6.07 Å². The molecule has 0 saturated heterocycles. The Kier molecular flexibility index (Phi) is 4.48. The normalized spacial score (nSPS) is 10.2. The van der Waals surface area contributed by atoms with E-state index in [-0.39, 0.29) is 5.97 Å². The highest BCUT2D eigenvalue weighted by molar-refractivity contribution is 5.92. The molecular weight excluding hydrogens is 264 g/mol. The zero-order valence-corrected chi connectivity index (χ0v) is 12.6. The molecule has 0 unspecified atom stereocenters. The van der Waals surface area contributed by atoms with Crippen molar-refractivity contribution in [2.75, 3.05) is 24.3 Å². The number of hydrogen-bond acceptors (Lipinski definition) is 4. The lowest BCUT2D eigenvalue weighted by Crippen LogP contribution is -2.18. The van der Waals surface area contributed by atoms with Gasteiger partial charge in [0.25, 0.3) is 0 Å². The Morgan fingerprint density at radius 3 is 2.38 bits per heavy atom. The Morgan fingerprint density at radius 1 is 1.19 bits per heavy atom. The summed E-state index contributed by atoms with van der Waals surface area (Å²) in [6.45, 7) is 4.90. The van der Waals surface area contributed by atoms with Crippen molar-refractivity contribution in [3.8, 4) is 0 Å². The van der Waals surface area contributed by atoms with E-state index in [0.29, 0.717) is 11.3 Å². The van der Waals surface area contributed by atoms with Crippen LogP contribution in [0, 0.1) is 6.92 Å². The number of anilines is 3. The number of benzene rings is 2. The van der Waals surface area contributed by atoms with Crippen molar-refractivity contribution >= 4 is 23.0 Å². The van der Waals surface area contributed by atoms with Crippen molar-refractivity contribution in [3.05, 3.63) is 53.6 Å². The minimum Gasteiger partial charge on any atom is -0.465 e. The molecular formula is C17H20N2O2. The molecule has 4 heteroatoms. The first-order valence-electron chi connectivity index (χ1n) is 6.89. The molecule has 0 radical (unpaired) electrons. The molecule has 4 nitrogen and oxygen atoms in total. The van der Waals surface area contributed by atoms with E-state index >= 15 is 0 Å². The molecule has 2 N–H and O–H groups in total.